The van der Waals surface area contributed by atoms with Gasteiger partial charge in [-0.05, 0) is 68.5 Å². The lowest BCUT2D eigenvalue weighted by Crippen LogP contribution is -2.56. The number of aryl methyl sites for hydroxylation is 1. The molecule has 0 saturated carbocycles. The van der Waals surface area contributed by atoms with E-state index in [9.17, 15) is 14.4 Å². The van der Waals surface area contributed by atoms with Gasteiger partial charge in [0.2, 0.25) is 11.8 Å². The number of likely N-dealkylation sites (N-methyl/N-ethyl adjacent to an activating group) is 1. The molecule has 2 aliphatic heterocycles. The molecule has 2 aliphatic rings. The summed E-state index contributed by atoms with van der Waals surface area (Å²) in [5.41, 5.74) is 3.46. The van der Waals surface area contributed by atoms with Crippen molar-refractivity contribution >= 4 is 23.4 Å². The lowest BCUT2D eigenvalue weighted by Gasteiger charge is -2.35. The molecule has 2 unspecified atom stereocenters. The molecule has 8 nitrogen and oxygen atoms in total. The Kier molecular flexibility index (Phi) is 10.2. The Morgan fingerprint density at radius 1 is 1.03 bits per heavy atom. The summed E-state index contributed by atoms with van der Waals surface area (Å²) in [6.07, 6.45) is 1.34. The van der Waals surface area contributed by atoms with E-state index in [-0.39, 0.29) is 23.6 Å². The molecule has 8 heteroatoms. The zero-order chi connectivity index (χ0) is 26.9. The van der Waals surface area contributed by atoms with E-state index in [4.69, 9.17) is 4.74 Å². The molecule has 2 aromatic carbocycles. The summed E-state index contributed by atoms with van der Waals surface area (Å²) in [6.45, 7) is 9.12. The summed E-state index contributed by atoms with van der Waals surface area (Å²) in [4.78, 5) is 42.0. The molecule has 0 aliphatic carbocycles. The van der Waals surface area contributed by atoms with Crippen molar-refractivity contribution in [1.82, 2.24) is 15.5 Å². The maximum absolute atomic E-state index is 14.1. The van der Waals surface area contributed by atoms with Crippen LogP contribution in [0.25, 0.3) is 0 Å². The molecule has 2 aromatic rings. The van der Waals surface area contributed by atoms with E-state index in [1.807, 2.05) is 69.3 Å². The molecule has 0 radical (unpaired) electrons. The summed E-state index contributed by atoms with van der Waals surface area (Å²) in [5, 5.41) is 8.89. The molecule has 1 saturated heterocycles. The van der Waals surface area contributed by atoms with Gasteiger partial charge in [-0.2, -0.15) is 0 Å². The number of nitrogens with one attached hydrogen (secondary N) is 3. The van der Waals surface area contributed by atoms with Gasteiger partial charge in [-0.25, -0.2) is 0 Å². The van der Waals surface area contributed by atoms with Gasteiger partial charge in [0.05, 0.1) is 6.04 Å². The predicted octanol–water partition coefficient (Wildman–Crippen LogP) is 3.56. The fraction of sp³-hybridized carbons (Fsp3) is 0.483. The second-order valence-electron chi connectivity index (χ2n) is 9.37. The van der Waals surface area contributed by atoms with Crippen molar-refractivity contribution in [2.75, 3.05) is 25.6 Å². The van der Waals surface area contributed by atoms with E-state index in [2.05, 4.69) is 16.0 Å². The van der Waals surface area contributed by atoms with Crippen LogP contribution in [-0.2, 0) is 25.7 Å². The summed E-state index contributed by atoms with van der Waals surface area (Å²) in [7, 11) is 1.71. The van der Waals surface area contributed by atoms with E-state index < -0.39 is 18.1 Å². The van der Waals surface area contributed by atoms with Gasteiger partial charge >= 0.3 is 0 Å². The van der Waals surface area contributed by atoms with Crippen molar-refractivity contribution in [3.63, 3.8) is 0 Å². The first-order valence-electron chi connectivity index (χ1n) is 13.2. The number of fused-ring (bicyclic) bond motifs is 1. The Morgan fingerprint density at radius 3 is 2.41 bits per heavy atom. The molecule has 37 heavy (non-hydrogen) atoms. The Hall–Kier alpha value is -3.23. The molecule has 0 bridgehead atoms. The summed E-state index contributed by atoms with van der Waals surface area (Å²) < 4.78 is 5.50. The molecular weight excluding hydrogens is 468 g/mol. The maximum atomic E-state index is 14.1. The minimum absolute atomic E-state index is 0.0616. The van der Waals surface area contributed by atoms with E-state index in [1.54, 1.807) is 18.9 Å². The van der Waals surface area contributed by atoms with Crippen LogP contribution in [0.1, 0.15) is 56.3 Å². The van der Waals surface area contributed by atoms with E-state index >= 15 is 0 Å². The largest absolute Gasteiger partial charge is 0.381 e. The van der Waals surface area contributed by atoms with Gasteiger partial charge in [0.15, 0.2) is 0 Å². The first-order valence-corrected chi connectivity index (χ1v) is 13.2. The van der Waals surface area contributed by atoms with Crippen LogP contribution >= 0.6 is 0 Å². The topological polar surface area (TPSA) is 99.8 Å². The first-order chi connectivity index (χ1) is 17.9. The maximum Gasteiger partial charge on any atom is 0.251 e. The average molecular weight is 509 g/mol. The number of anilines is 1. The number of ether oxygens (including phenoxy) is 1. The van der Waals surface area contributed by atoms with Crippen molar-refractivity contribution in [2.45, 2.75) is 65.2 Å². The number of hydrogen-bond acceptors (Lipinski definition) is 5. The van der Waals surface area contributed by atoms with Crippen molar-refractivity contribution in [1.29, 1.82) is 0 Å². The normalized spacial score (nSPS) is 18.6. The predicted molar refractivity (Wildman–Crippen MR) is 145 cm³/mol. The van der Waals surface area contributed by atoms with Crippen molar-refractivity contribution in [3.8, 4) is 0 Å². The highest BCUT2D eigenvalue weighted by Gasteiger charge is 2.43. The van der Waals surface area contributed by atoms with Crippen LogP contribution < -0.4 is 16.0 Å². The number of nitrogens with zero attached hydrogens (tertiary/aromatic N) is 1. The zero-order valence-corrected chi connectivity index (χ0v) is 22.5. The highest BCUT2D eigenvalue weighted by molar-refractivity contribution is 6.00. The Balaban J connectivity index is 0.00000186. The minimum atomic E-state index is -0.778. The molecule has 0 aromatic heterocycles. The Morgan fingerprint density at radius 2 is 1.73 bits per heavy atom. The lowest BCUT2D eigenvalue weighted by molar-refractivity contribution is -0.144. The van der Waals surface area contributed by atoms with Gasteiger partial charge in [0.25, 0.3) is 5.91 Å². The third-order valence-electron chi connectivity index (χ3n) is 6.95. The SMILES string of the molecule is CC.CN[C@@H](C)C(=O)NC(C(=O)N1Cc2ccccc2C1C(=O)Nc1cccc(C)c1)C1CCOCC1. The lowest BCUT2D eigenvalue weighted by atomic mass is 9.90. The molecule has 2 heterocycles. The molecular formula is C29H40N4O4. The molecule has 4 rings (SSSR count). The van der Waals surface area contributed by atoms with Crippen LogP contribution in [0.3, 0.4) is 0 Å². The van der Waals surface area contributed by atoms with Crippen molar-refractivity contribution in [2.24, 2.45) is 5.92 Å². The van der Waals surface area contributed by atoms with Crippen LogP contribution in [0.15, 0.2) is 48.5 Å². The molecule has 3 amide bonds. The minimum Gasteiger partial charge on any atom is -0.381 e. The van der Waals surface area contributed by atoms with Crippen molar-refractivity contribution in [3.05, 3.63) is 65.2 Å². The number of hydrogen-bond donors (Lipinski definition) is 3. The van der Waals surface area contributed by atoms with Gasteiger partial charge in [0, 0.05) is 25.4 Å². The van der Waals surface area contributed by atoms with Gasteiger partial charge < -0.3 is 25.6 Å². The van der Waals surface area contributed by atoms with Crippen LogP contribution in [0, 0.1) is 12.8 Å². The Bertz CT molecular complexity index is 1080. The van der Waals surface area contributed by atoms with Crippen LogP contribution in [-0.4, -0.2) is 55.0 Å². The second kappa shape index (κ2) is 13.4. The fourth-order valence-corrected chi connectivity index (χ4v) is 4.83. The molecule has 3 atom stereocenters. The highest BCUT2D eigenvalue weighted by atomic mass is 16.5. The van der Waals surface area contributed by atoms with Crippen LogP contribution in [0.5, 0.6) is 0 Å². The van der Waals surface area contributed by atoms with E-state index in [0.717, 1.165) is 16.7 Å². The summed E-state index contributed by atoms with van der Waals surface area (Å²) in [5.74, 6) is -0.813. The number of amides is 3. The van der Waals surface area contributed by atoms with Crippen molar-refractivity contribution < 1.29 is 19.1 Å². The Labute approximate surface area is 220 Å². The van der Waals surface area contributed by atoms with Gasteiger partial charge in [0.1, 0.15) is 12.1 Å². The number of rotatable bonds is 7. The second-order valence-corrected chi connectivity index (χ2v) is 9.37. The summed E-state index contributed by atoms with van der Waals surface area (Å²) >= 11 is 0. The quantitative estimate of drug-likeness (QED) is 0.531. The van der Waals surface area contributed by atoms with Gasteiger partial charge in [-0.1, -0.05) is 50.2 Å². The molecule has 0 spiro atoms. The molecule has 3 N–H and O–H groups in total. The van der Waals surface area contributed by atoms with E-state index in [0.29, 0.717) is 38.3 Å². The molecule has 1 fully saturated rings. The van der Waals surface area contributed by atoms with Crippen LogP contribution in [0.4, 0.5) is 5.69 Å². The standard InChI is InChI=1S/C27H34N4O4.C2H6/c1-17-7-6-9-21(15-17)29-26(33)24-22-10-5-4-8-20(22)16-31(24)27(34)23(19-11-13-35-14-12-19)30-25(32)18(2)28-3;1-2/h4-10,15,18-19,23-24,28H,11-14,16H2,1-3H3,(H,29,33)(H,30,32);1-2H3/t18-,23?,24?;/m0./s1. The number of benzene rings is 2. The number of carbonyl (C=O) groups is 3. The zero-order valence-electron chi connectivity index (χ0n) is 22.5. The third-order valence-corrected chi connectivity index (χ3v) is 6.95. The average Bonchev–Trinajstić information content (AvgIpc) is 3.32. The van der Waals surface area contributed by atoms with E-state index in [1.165, 1.54) is 0 Å². The highest BCUT2D eigenvalue weighted by Crippen LogP contribution is 2.36. The van der Waals surface area contributed by atoms with Crippen LogP contribution in [0.2, 0.25) is 0 Å². The number of carbonyl (C=O) groups excluding carboxylic acids is 3. The first kappa shape index (κ1) is 28.3. The fourth-order valence-electron chi connectivity index (χ4n) is 4.83. The van der Waals surface area contributed by atoms with Gasteiger partial charge in [-0.3, -0.25) is 14.4 Å². The third kappa shape index (κ3) is 6.76. The summed E-state index contributed by atoms with van der Waals surface area (Å²) in [6, 6.07) is 13.3. The van der Waals surface area contributed by atoms with Gasteiger partial charge in [-0.15, -0.1) is 0 Å². The molecule has 200 valence electrons. The monoisotopic (exact) mass is 508 g/mol. The smallest absolute Gasteiger partial charge is 0.251 e.